The first-order chi connectivity index (χ1) is 11.8. The molecule has 2 aromatic carbocycles. The van der Waals surface area contributed by atoms with Crippen LogP contribution in [0.5, 0.6) is 0 Å². The smallest absolute Gasteiger partial charge is 0.0949 e. The molecule has 0 spiro atoms. The van der Waals surface area contributed by atoms with Gasteiger partial charge >= 0.3 is 0 Å². The van der Waals surface area contributed by atoms with Crippen LogP contribution in [0, 0.1) is 18.8 Å². The number of hydrogen-bond acceptors (Lipinski definition) is 2. The largest absolute Gasteiger partial charge is 0.221 e. The van der Waals surface area contributed by atoms with E-state index in [-0.39, 0.29) is 0 Å². The van der Waals surface area contributed by atoms with E-state index in [1.54, 1.807) is 0 Å². The number of hydrogen-bond donors (Lipinski definition) is 0. The van der Waals surface area contributed by atoms with Crippen molar-refractivity contribution in [3.63, 3.8) is 0 Å². The van der Waals surface area contributed by atoms with Crippen molar-refractivity contribution in [1.29, 1.82) is 0 Å². The topological polar surface area (TPSA) is 24.7 Å². The Morgan fingerprint density at radius 2 is 1.71 bits per heavy atom. The van der Waals surface area contributed by atoms with Crippen LogP contribution in [-0.2, 0) is 6.54 Å². The van der Waals surface area contributed by atoms with Gasteiger partial charge in [0.1, 0.15) is 0 Å². The second-order valence-corrected chi connectivity index (χ2v) is 5.86. The van der Waals surface area contributed by atoms with E-state index in [0.29, 0.717) is 6.54 Å². The van der Waals surface area contributed by atoms with Crippen LogP contribution in [0.25, 0.3) is 0 Å². The molecule has 0 aliphatic heterocycles. The zero-order valence-electron chi connectivity index (χ0n) is 13.9. The Morgan fingerprint density at radius 1 is 0.917 bits per heavy atom. The van der Waals surface area contributed by atoms with Crippen LogP contribution in [0.4, 0.5) is 0 Å². The van der Waals surface area contributed by atoms with Gasteiger partial charge in [-0.1, -0.05) is 60.4 Å². The number of allylic oxidation sites excluding steroid dienone is 2. The predicted octanol–water partition coefficient (Wildman–Crippen LogP) is 5.16. The van der Waals surface area contributed by atoms with Crippen molar-refractivity contribution in [3.05, 3.63) is 82.6 Å². The molecule has 2 nitrogen and oxygen atoms in total. The molecule has 0 aromatic heterocycles. The van der Waals surface area contributed by atoms with Crippen molar-refractivity contribution in [2.45, 2.75) is 32.7 Å². The fourth-order valence-corrected chi connectivity index (χ4v) is 2.65. The zero-order valence-corrected chi connectivity index (χ0v) is 13.9. The standard InChI is InChI=1S/C22H20N2/c1-18-8-5-6-11-20(18)14-15-21-12-7-13-22(21)24-17-23-16-19-9-3-2-4-10-19/h2-6,8-11H,7,12-13,16H2,1H3. The molecule has 118 valence electrons. The molecular formula is C22H20N2. The molecule has 0 atom stereocenters. The Balaban J connectivity index is 1.73. The van der Waals surface area contributed by atoms with E-state index in [0.717, 1.165) is 36.1 Å². The predicted molar refractivity (Wildman–Crippen MR) is 98.9 cm³/mol. The van der Waals surface area contributed by atoms with E-state index in [9.17, 15) is 0 Å². The lowest BCUT2D eigenvalue weighted by Gasteiger charge is -1.96. The molecule has 0 radical (unpaired) electrons. The molecular weight excluding hydrogens is 292 g/mol. The van der Waals surface area contributed by atoms with E-state index in [2.05, 4.69) is 59.0 Å². The van der Waals surface area contributed by atoms with E-state index >= 15 is 0 Å². The van der Waals surface area contributed by atoms with Crippen LogP contribution in [0.3, 0.4) is 0 Å². The van der Waals surface area contributed by atoms with E-state index in [1.807, 2.05) is 30.3 Å². The number of nitrogens with zero attached hydrogens (tertiary/aromatic N) is 2. The molecule has 24 heavy (non-hydrogen) atoms. The lowest BCUT2D eigenvalue weighted by molar-refractivity contribution is 0.895. The average Bonchev–Trinajstić information content (AvgIpc) is 3.06. The van der Waals surface area contributed by atoms with Crippen molar-refractivity contribution in [2.24, 2.45) is 9.98 Å². The van der Waals surface area contributed by atoms with Gasteiger partial charge < -0.3 is 0 Å². The Morgan fingerprint density at radius 3 is 2.54 bits per heavy atom. The lowest BCUT2D eigenvalue weighted by atomic mass is 10.1. The van der Waals surface area contributed by atoms with Crippen LogP contribution in [0.1, 0.15) is 36.0 Å². The summed E-state index contributed by atoms with van der Waals surface area (Å²) in [7, 11) is 0. The Labute approximate surface area is 143 Å². The molecule has 0 saturated heterocycles. The summed E-state index contributed by atoms with van der Waals surface area (Å²) in [6.45, 7) is 2.70. The summed E-state index contributed by atoms with van der Waals surface area (Å²) < 4.78 is 0. The molecule has 0 unspecified atom stereocenters. The quantitative estimate of drug-likeness (QED) is 0.552. The maximum absolute atomic E-state index is 4.41. The molecule has 0 bridgehead atoms. The van der Waals surface area contributed by atoms with Gasteiger partial charge in [0.15, 0.2) is 0 Å². The summed E-state index contributed by atoms with van der Waals surface area (Å²) in [5.74, 6) is 6.58. The normalized spacial score (nSPS) is 13.0. The first-order valence-electron chi connectivity index (χ1n) is 8.29. The molecule has 0 fully saturated rings. The third-order valence-corrected chi connectivity index (χ3v) is 4.04. The van der Waals surface area contributed by atoms with E-state index in [1.165, 1.54) is 11.1 Å². The SMILES string of the molecule is Cc1ccccc1C#CC1=C(N=C=NCc2ccccc2)CCC1. The van der Waals surface area contributed by atoms with Crippen molar-refractivity contribution in [2.75, 3.05) is 0 Å². The highest BCUT2D eigenvalue weighted by atomic mass is 14.8. The Kier molecular flexibility index (Phi) is 5.40. The summed E-state index contributed by atoms with van der Waals surface area (Å²) in [6.07, 6.45) is 3.07. The van der Waals surface area contributed by atoms with Crippen molar-refractivity contribution < 1.29 is 0 Å². The lowest BCUT2D eigenvalue weighted by Crippen LogP contribution is -1.82. The van der Waals surface area contributed by atoms with Crippen molar-refractivity contribution >= 4 is 6.01 Å². The van der Waals surface area contributed by atoms with Crippen LogP contribution in [-0.4, -0.2) is 6.01 Å². The maximum Gasteiger partial charge on any atom is 0.0949 e. The van der Waals surface area contributed by atoms with Gasteiger partial charge in [-0.2, -0.15) is 4.99 Å². The molecule has 0 saturated carbocycles. The molecule has 2 aromatic rings. The van der Waals surface area contributed by atoms with Gasteiger partial charge in [-0.15, -0.1) is 0 Å². The minimum absolute atomic E-state index is 0.613. The fraction of sp³-hybridized carbons (Fsp3) is 0.227. The summed E-state index contributed by atoms with van der Waals surface area (Å²) in [5, 5.41) is 0. The first kappa shape index (κ1) is 16.0. The van der Waals surface area contributed by atoms with Crippen LogP contribution in [0.2, 0.25) is 0 Å². The van der Waals surface area contributed by atoms with Crippen LogP contribution in [0.15, 0.2) is 75.9 Å². The fourth-order valence-electron chi connectivity index (χ4n) is 2.65. The van der Waals surface area contributed by atoms with Gasteiger partial charge in [-0.05, 0) is 43.4 Å². The Hall–Kier alpha value is -2.88. The average molecular weight is 312 g/mol. The number of benzene rings is 2. The minimum Gasteiger partial charge on any atom is -0.221 e. The van der Waals surface area contributed by atoms with Crippen LogP contribution < -0.4 is 0 Å². The molecule has 0 amide bonds. The monoisotopic (exact) mass is 312 g/mol. The second kappa shape index (κ2) is 8.11. The number of rotatable bonds is 3. The van der Waals surface area contributed by atoms with Gasteiger partial charge in [-0.25, -0.2) is 4.99 Å². The summed E-state index contributed by atoms with van der Waals surface area (Å²) >= 11 is 0. The molecule has 0 heterocycles. The molecule has 0 N–H and O–H groups in total. The summed E-state index contributed by atoms with van der Waals surface area (Å²) in [4.78, 5) is 8.69. The van der Waals surface area contributed by atoms with Crippen molar-refractivity contribution in [3.8, 4) is 11.8 Å². The van der Waals surface area contributed by atoms with Crippen molar-refractivity contribution in [1.82, 2.24) is 0 Å². The summed E-state index contributed by atoms with van der Waals surface area (Å²) in [5.41, 5.74) is 5.62. The van der Waals surface area contributed by atoms with E-state index < -0.39 is 0 Å². The van der Waals surface area contributed by atoms with E-state index in [4.69, 9.17) is 0 Å². The highest BCUT2D eigenvalue weighted by molar-refractivity contribution is 5.50. The highest BCUT2D eigenvalue weighted by Gasteiger charge is 2.11. The highest BCUT2D eigenvalue weighted by Crippen LogP contribution is 2.26. The maximum atomic E-state index is 4.41. The van der Waals surface area contributed by atoms with Gasteiger partial charge in [0.05, 0.1) is 18.3 Å². The molecule has 1 aliphatic carbocycles. The number of aryl methyl sites for hydroxylation is 1. The number of aliphatic imine (C=N–C) groups is 2. The molecule has 2 heteroatoms. The van der Waals surface area contributed by atoms with Gasteiger partial charge in [0, 0.05) is 11.1 Å². The Bertz CT molecular complexity index is 858. The first-order valence-corrected chi connectivity index (χ1v) is 8.29. The minimum atomic E-state index is 0.613. The molecule has 3 rings (SSSR count). The van der Waals surface area contributed by atoms with Gasteiger partial charge in [0.25, 0.3) is 0 Å². The summed E-state index contributed by atoms with van der Waals surface area (Å²) in [6, 6.07) is 21.2. The van der Waals surface area contributed by atoms with Crippen LogP contribution >= 0.6 is 0 Å². The third kappa shape index (κ3) is 4.32. The third-order valence-electron chi connectivity index (χ3n) is 4.04. The van der Waals surface area contributed by atoms with Gasteiger partial charge in [0.2, 0.25) is 0 Å². The van der Waals surface area contributed by atoms with Gasteiger partial charge in [-0.3, -0.25) is 0 Å². The second-order valence-electron chi connectivity index (χ2n) is 5.86. The molecule has 1 aliphatic rings. The zero-order chi connectivity index (χ0) is 16.6.